The summed E-state index contributed by atoms with van der Waals surface area (Å²) in [7, 11) is 1.60. The Morgan fingerprint density at radius 1 is 1.33 bits per heavy atom. The van der Waals surface area contributed by atoms with Crippen molar-refractivity contribution in [2.45, 2.75) is 6.92 Å². The van der Waals surface area contributed by atoms with Crippen molar-refractivity contribution in [2.24, 2.45) is 0 Å². The minimum absolute atomic E-state index is 0.573. The molecule has 0 aliphatic carbocycles. The molecule has 0 saturated heterocycles. The molecule has 0 aliphatic rings. The van der Waals surface area contributed by atoms with Gasteiger partial charge in [-0.25, -0.2) is 4.98 Å². The minimum atomic E-state index is 0.573. The summed E-state index contributed by atoms with van der Waals surface area (Å²) in [5.74, 6) is 1.41. The summed E-state index contributed by atoms with van der Waals surface area (Å²) >= 11 is 5.18. The second-order valence-corrected chi connectivity index (χ2v) is 6.25. The molecule has 0 unspecified atom stereocenters. The van der Waals surface area contributed by atoms with Crippen LogP contribution in [0.1, 0.15) is 5.56 Å². The molecule has 1 N–H and O–H groups in total. The van der Waals surface area contributed by atoms with Gasteiger partial charge in [-0.1, -0.05) is 0 Å². The van der Waals surface area contributed by atoms with Crippen LogP contribution in [0.3, 0.4) is 0 Å². The number of aromatic nitrogens is 3. The first kappa shape index (κ1) is 11.7. The summed E-state index contributed by atoms with van der Waals surface area (Å²) < 4.78 is 6.22. The lowest BCUT2D eigenvalue weighted by molar-refractivity contribution is 0.399. The molecule has 0 fully saturated rings. The number of halogens is 1. The number of pyridine rings is 1. The molecular weight excluding hydrogens is 314 g/mol. The van der Waals surface area contributed by atoms with Gasteiger partial charge in [0.1, 0.15) is 0 Å². The fourth-order valence-electron chi connectivity index (χ4n) is 1.68. The van der Waals surface area contributed by atoms with Gasteiger partial charge in [0.15, 0.2) is 11.5 Å². The van der Waals surface area contributed by atoms with Gasteiger partial charge in [-0.05, 0) is 40.5 Å². The molecule has 0 aliphatic heterocycles. The average Bonchev–Trinajstić information content (AvgIpc) is 2.92. The van der Waals surface area contributed by atoms with Crippen molar-refractivity contribution in [3.05, 3.63) is 27.5 Å². The van der Waals surface area contributed by atoms with E-state index >= 15 is 0 Å². The number of thiophene rings is 1. The van der Waals surface area contributed by atoms with Crippen molar-refractivity contribution in [2.75, 3.05) is 7.11 Å². The van der Waals surface area contributed by atoms with Crippen LogP contribution >= 0.6 is 27.3 Å². The van der Waals surface area contributed by atoms with Gasteiger partial charge < -0.3 is 9.72 Å². The van der Waals surface area contributed by atoms with Crippen LogP contribution in [0.25, 0.3) is 21.9 Å². The maximum atomic E-state index is 5.09. The van der Waals surface area contributed by atoms with E-state index in [1.807, 2.05) is 12.1 Å². The third-order valence-corrected chi connectivity index (χ3v) is 4.76. The van der Waals surface area contributed by atoms with Gasteiger partial charge in [0.2, 0.25) is 5.88 Å². The Bertz CT molecular complexity index is 700. The molecule has 3 rings (SSSR count). The largest absolute Gasteiger partial charge is 0.481 e. The SMILES string of the molecule is COc1ccc2[nH]c(-c3cc(C)c(Br)s3)nc2n1. The number of methoxy groups -OCH3 is 1. The fraction of sp³-hybridized carbons (Fsp3) is 0.167. The molecule has 0 aromatic carbocycles. The Kier molecular flexibility index (Phi) is 2.83. The summed E-state index contributed by atoms with van der Waals surface area (Å²) in [5, 5.41) is 0. The second-order valence-electron chi connectivity index (χ2n) is 3.88. The molecule has 4 nitrogen and oxygen atoms in total. The van der Waals surface area contributed by atoms with E-state index in [1.54, 1.807) is 18.4 Å². The zero-order valence-electron chi connectivity index (χ0n) is 9.82. The van der Waals surface area contributed by atoms with Gasteiger partial charge in [-0.2, -0.15) is 4.98 Å². The Morgan fingerprint density at radius 3 is 2.83 bits per heavy atom. The standard InChI is InChI=1S/C12H10BrN3OS/c1-6-5-8(18-10(6)13)12-14-7-3-4-9(17-2)15-11(7)16-12/h3-5H,1-2H3,(H,14,15,16). The third kappa shape index (κ3) is 1.91. The average molecular weight is 324 g/mol. The number of imidazole rings is 1. The summed E-state index contributed by atoms with van der Waals surface area (Å²) in [4.78, 5) is 13.1. The molecular formula is C12H10BrN3OS. The van der Waals surface area contributed by atoms with E-state index in [1.165, 1.54) is 5.56 Å². The quantitative estimate of drug-likeness (QED) is 0.781. The van der Waals surface area contributed by atoms with Crippen LogP contribution < -0.4 is 4.74 Å². The van der Waals surface area contributed by atoms with Gasteiger partial charge in [0.05, 0.1) is 21.3 Å². The molecule has 0 radical (unpaired) electrons. The number of hydrogen-bond acceptors (Lipinski definition) is 4. The van der Waals surface area contributed by atoms with E-state index in [4.69, 9.17) is 4.74 Å². The highest BCUT2D eigenvalue weighted by Crippen LogP contribution is 2.34. The Morgan fingerprint density at radius 2 is 2.17 bits per heavy atom. The lowest BCUT2D eigenvalue weighted by Crippen LogP contribution is -1.86. The van der Waals surface area contributed by atoms with Crippen LogP contribution in [0.4, 0.5) is 0 Å². The van der Waals surface area contributed by atoms with E-state index in [2.05, 4.69) is 43.9 Å². The molecule has 3 aromatic rings. The fourth-order valence-corrected chi connectivity index (χ4v) is 3.16. The van der Waals surface area contributed by atoms with Crippen LogP contribution in [0.2, 0.25) is 0 Å². The van der Waals surface area contributed by atoms with Gasteiger partial charge in [-0.3, -0.25) is 0 Å². The number of ether oxygens (including phenoxy) is 1. The Hall–Kier alpha value is -1.40. The molecule has 18 heavy (non-hydrogen) atoms. The minimum Gasteiger partial charge on any atom is -0.481 e. The monoisotopic (exact) mass is 323 g/mol. The topological polar surface area (TPSA) is 50.8 Å². The number of hydrogen-bond donors (Lipinski definition) is 1. The lowest BCUT2D eigenvalue weighted by atomic mass is 10.3. The molecule has 0 spiro atoms. The van der Waals surface area contributed by atoms with E-state index < -0.39 is 0 Å². The normalized spacial score (nSPS) is 11.1. The predicted octanol–water partition coefficient (Wildman–Crippen LogP) is 3.77. The van der Waals surface area contributed by atoms with Crippen molar-refractivity contribution in [1.82, 2.24) is 15.0 Å². The van der Waals surface area contributed by atoms with Crippen LogP contribution in [-0.2, 0) is 0 Å². The van der Waals surface area contributed by atoms with Crippen molar-refractivity contribution in [3.63, 3.8) is 0 Å². The number of H-pyrrole nitrogens is 1. The highest BCUT2D eigenvalue weighted by atomic mass is 79.9. The summed E-state index contributed by atoms with van der Waals surface area (Å²) in [5.41, 5.74) is 2.79. The van der Waals surface area contributed by atoms with Gasteiger partial charge >= 0.3 is 0 Å². The van der Waals surface area contributed by atoms with Crippen LogP contribution in [0.15, 0.2) is 22.0 Å². The highest BCUT2D eigenvalue weighted by Gasteiger charge is 2.11. The number of aromatic amines is 1. The summed E-state index contributed by atoms with van der Waals surface area (Å²) in [6.07, 6.45) is 0. The van der Waals surface area contributed by atoms with Crippen molar-refractivity contribution in [3.8, 4) is 16.6 Å². The van der Waals surface area contributed by atoms with Crippen molar-refractivity contribution >= 4 is 38.4 Å². The lowest BCUT2D eigenvalue weighted by Gasteiger charge is -1.95. The molecule has 92 valence electrons. The number of nitrogens with zero attached hydrogens (tertiary/aromatic N) is 2. The number of rotatable bonds is 2. The first-order valence-corrected chi connectivity index (χ1v) is 6.95. The van der Waals surface area contributed by atoms with Crippen LogP contribution in [0.5, 0.6) is 5.88 Å². The zero-order valence-corrected chi connectivity index (χ0v) is 12.2. The van der Waals surface area contributed by atoms with Crippen molar-refractivity contribution in [1.29, 1.82) is 0 Å². The van der Waals surface area contributed by atoms with Gasteiger partial charge in [0, 0.05) is 6.07 Å². The van der Waals surface area contributed by atoms with Crippen LogP contribution in [-0.4, -0.2) is 22.1 Å². The number of aryl methyl sites for hydroxylation is 1. The molecule has 3 aromatic heterocycles. The van der Waals surface area contributed by atoms with E-state index in [9.17, 15) is 0 Å². The predicted molar refractivity (Wildman–Crippen MR) is 76.2 cm³/mol. The van der Waals surface area contributed by atoms with E-state index in [0.29, 0.717) is 11.5 Å². The summed E-state index contributed by atoms with van der Waals surface area (Å²) in [6.45, 7) is 2.06. The first-order chi connectivity index (χ1) is 8.67. The molecule has 3 heterocycles. The number of nitrogens with one attached hydrogen (secondary N) is 1. The van der Waals surface area contributed by atoms with Gasteiger partial charge in [0.25, 0.3) is 0 Å². The van der Waals surface area contributed by atoms with E-state index in [-0.39, 0.29) is 0 Å². The molecule has 6 heteroatoms. The highest BCUT2D eigenvalue weighted by molar-refractivity contribution is 9.11. The van der Waals surface area contributed by atoms with Gasteiger partial charge in [-0.15, -0.1) is 11.3 Å². The second kappa shape index (κ2) is 4.37. The molecule has 0 atom stereocenters. The molecule has 0 amide bonds. The molecule has 0 bridgehead atoms. The third-order valence-electron chi connectivity index (χ3n) is 2.62. The Labute approximate surface area is 116 Å². The van der Waals surface area contributed by atoms with E-state index in [0.717, 1.165) is 20.0 Å². The maximum absolute atomic E-state index is 5.09. The maximum Gasteiger partial charge on any atom is 0.215 e. The smallest absolute Gasteiger partial charge is 0.215 e. The Balaban J connectivity index is 2.12. The van der Waals surface area contributed by atoms with Crippen LogP contribution in [0, 0.1) is 6.92 Å². The summed E-state index contributed by atoms with van der Waals surface area (Å²) in [6, 6.07) is 5.84. The molecule has 0 saturated carbocycles. The zero-order chi connectivity index (χ0) is 12.7. The number of fused-ring (bicyclic) bond motifs is 1. The van der Waals surface area contributed by atoms with Crippen molar-refractivity contribution < 1.29 is 4.74 Å². The first-order valence-electron chi connectivity index (χ1n) is 5.34.